The molecular formula is C21H30O6. The van der Waals surface area contributed by atoms with Crippen LogP contribution >= 0.6 is 0 Å². The van der Waals surface area contributed by atoms with Crippen molar-refractivity contribution < 1.29 is 28.8 Å². The van der Waals surface area contributed by atoms with Gasteiger partial charge in [0.15, 0.2) is 5.79 Å². The molecule has 0 aliphatic carbocycles. The van der Waals surface area contributed by atoms with Crippen molar-refractivity contribution in [2.75, 3.05) is 20.3 Å². The fourth-order valence-electron chi connectivity index (χ4n) is 3.03. The first-order valence-corrected chi connectivity index (χ1v) is 9.28. The second-order valence-electron chi connectivity index (χ2n) is 7.03. The summed E-state index contributed by atoms with van der Waals surface area (Å²) >= 11 is 0. The molecule has 150 valence electrons. The van der Waals surface area contributed by atoms with Crippen LogP contribution in [0.3, 0.4) is 0 Å². The van der Waals surface area contributed by atoms with E-state index in [4.69, 9.17) is 18.9 Å². The molecule has 6 heteroatoms. The summed E-state index contributed by atoms with van der Waals surface area (Å²) in [6, 6.07) is 9.91. The van der Waals surface area contributed by atoms with E-state index < -0.39 is 11.9 Å². The van der Waals surface area contributed by atoms with E-state index in [0.29, 0.717) is 26.1 Å². The molecule has 1 fully saturated rings. The number of hydrogen-bond donors (Lipinski definition) is 1. The molecule has 0 saturated carbocycles. The monoisotopic (exact) mass is 378 g/mol. The molecule has 0 unspecified atom stereocenters. The van der Waals surface area contributed by atoms with Crippen molar-refractivity contribution in [3.05, 3.63) is 48.0 Å². The van der Waals surface area contributed by atoms with Crippen molar-refractivity contribution in [1.82, 2.24) is 0 Å². The lowest BCUT2D eigenvalue weighted by atomic mass is 10.0. The van der Waals surface area contributed by atoms with Crippen molar-refractivity contribution in [3.8, 4) is 0 Å². The number of carbonyl (C=O) groups is 1. The van der Waals surface area contributed by atoms with E-state index in [9.17, 15) is 9.90 Å². The molecule has 0 spiro atoms. The maximum Gasteiger partial charge on any atom is 0.309 e. The molecule has 1 N–H and O–H groups in total. The average molecular weight is 378 g/mol. The number of ether oxygens (including phenoxy) is 4. The number of aliphatic hydroxyl groups is 1. The molecule has 6 nitrogen and oxygen atoms in total. The standard InChI is InChI=1S/C21H30O6/c1-21(2)26-18(19(14-22)27-21)11-7-10-17(20(23)24-3)12-13-25-15-16-8-5-4-6-9-16/h4-9,11,17-19,22H,10,12-15H2,1-3H3/b11-7+/t17-,18-,19+/m0/s1. The van der Waals surface area contributed by atoms with Gasteiger partial charge in [-0.05, 0) is 32.3 Å². The SMILES string of the molecule is COC(=O)[C@@H](C/C=C/[C@@H]1OC(C)(C)O[C@@H]1CO)CCOCc1ccccc1. The third-order valence-electron chi connectivity index (χ3n) is 4.40. The van der Waals surface area contributed by atoms with Crippen LogP contribution in [0.4, 0.5) is 0 Å². The highest BCUT2D eigenvalue weighted by Crippen LogP contribution is 2.29. The van der Waals surface area contributed by atoms with E-state index in [-0.39, 0.29) is 24.6 Å². The van der Waals surface area contributed by atoms with Crippen LogP contribution in [0.5, 0.6) is 0 Å². The molecule has 2 rings (SSSR count). The van der Waals surface area contributed by atoms with Crippen LogP contribution in [-0.2, 0) is 30.3 Å². The van der Waals surface area contributed by atoms with Gasteiger partial charge < -0.3 is 24.1 Å². The minimum Gasteiger partial charge on any atom is -0.469 e. The zero-order valence-electron chi connectivity index (χ0n) is 16.3. The number of methoxy groups -OCH3 is 1. The lowest BCUT2D eigenvalue weighted by Gasteiger charge is -2.16. The van der Waals surface area contributed by atoms with Crippen LogP contribution in [-0.4, -0.2) is 49.4 Å². The van der Waals surface area contributed by atoms with Crippen LogP contribution in [0.2, 0.25) is 0 Å². The molecule has 3 atom stereocenters. The zero-order valence-corrected chi connectivity index (χ0v) is 16.3. The van der Waals surface area contributed by atoms with Crippen molar-refractivity contribution >= 4 is 5.97 Å². The van der Waals surface area contributed by atoms with Crippen LogP contribution in [0.25, 0.3) is 0 Å². The Morgan fingerprint density at radius 3 is 2.70 bits per heavy atom. The van der Waals surface area contributed by atoms with Crippen LogP contribution in [0.1, 0.15) is 32.3 Å². The molecule has 1 aromatic rings. The van der Waals surface area contributed by atoms with Gasteiger partial charge in [0.2, 0.25) is 0 Å². The van der Waals surface area contributed by atoms with Gasteiger partial charge in [0.25, 0.3) is 0 Å². The maximum absolute atomic E-state index is 12.0. The minimum absolute atomic E-state index is 0.119. The molecule has 1 aliphatic rings. The summed E-state index contributed by atoms with van der Waals surface area (Å²) in [7, 11) is 1.39. The highest BCUT2D eigenvalue weighted by molar-refractivity contribution is 5.72. The van der Waals surface area contributed by atoms with Gasteiger partial charge >= 0.3 is 5.97 Å². The topological polar surface area (TPSA) is 74.2 Å². The minimum atomic E-state index is -0.727. The van der Waals surface area contributed by atoms with Crippen molar-refractivity contribution in [2.45, 2.75) is 51.3 Å². The highest BCUT2D eigenvalue weighted by Gasteiger charge is 2.39. The third-order valence-corrected chi connectivity index (χ3v) is 4.40. The van der Waals surface area contributed by atoms with Crippen molar-refractivity contribution in [1.29, 1.82) is 0 Å². The van der Waals surface area contributed by atoms with Gasteiger partial charge in [-0.3, -0.25) is 4.79 Å². The van der Waals surface area contributed by atoms with E-state index >= 15 is 0 Å². The number of allylic oxidation sites excluding steroid dienone is 1. The average Bonchev–Trinajstić information content (AvgIpc) is 2.97. The van der Waals surface area contributed by atoms with Gasteiger partial charge in [-0.1, -0.05) is 42.5 Å². The quantitative estimate of drug-likeness (QED) is 0.383. The summed E-state index contributed by atoms with van der Waals surface area (Å²) in [4.78, 5) is 12.0. The summed E-state index contributed by atoms with van der Waals surface area (Å²) in [5.74, 6) is -1.27. The maximum atomic E-state index is 12.0. The Morgan fingerprint density at radius 1 is 1.30 bits per heavy atom. The fraction of sp³-hybridized carbons (Fsp3) is 0.571. The van der Waals surface area contributed by atoms with Gasteiger partial charge in [0.05, 0.1) is 26.2 Å². The molecular weight excluding hydrogens is 348 g/mol. The smallest absolute Gasteiger partial charge is 0.309 e. The molecule has 1 saturated heterocycles. The summed E-state index contributed by atoms with van der Waals surface area (Å²) in [5.41, 5.74) is 1.10. The number of hydrogen-bond acceptors (Lipinski definition) is 6. The lowest BCUT2D eigenvalue weighted by Crippen LogP contribution is -2.25. The van der Waals surface area contributed by atoms with Crippen molar-refractivity contribution in [3.63, 3.8) is 0 Å². The van der Waals surface area contributed by atoms with Gasteiger partial charge in [-0.15, -0.1) is 0 Å². The molecule has 0 aromatic heterocycles. The third kappa shape index (κ3) is 7.07. The Labute approximate surface area is 161 Å². The summed E-state index contributed by atoms with van der Waals surface area (Å²) in [6.45, 7) is 4.49. The highest BCUT2D eigenvalue weighted by atomic mass is 16.8. The van der Waals surface area contributed by atoms with E-state index in [1.165, 1.54) is 7.11 Å². The van der Waals surface area contributed by atoms with Crippen LogP contribution in [0, 0.1) is 5.92 Å². The Balaban J connectivity index is 1.80. The number of esters is 1. The second-order valence-corrected chi connectivity index (χ2v) is 7.03. The zero-order chi connectivity index (χ0) is 19.7. The largest absolute Gasteiger partial charge is 0.469 e. The molecule has 1 aromatic carbocycles. The Bertz CT molecular complexity index is 598. The Morgan fingerprint density at radius 2 is 2.04 bits per heavy atom. The Hall–Kier alpha value is -1.73. The molecule has 0 amide bonds. The van der Waals surface area contributed by atoms with E-state index in [1.54, 1.807) is 0 Å². The van der Waals surface area contributed by atoms with Gasteiger partial charge in [-0.2, -0.15) is 0 Å². The Kier molecular flexibility index (Phi) is 8.44. The number of rotatable bonds is 10. The van der Waals surface area contributed by atoms with Gasteiger partial charge in [0.1, 0.15) is 12.2 Å². The molecule has 0 bridgehead atoms. The fourth-order valence-corrected chi connectivity index (χ4v) is 3.03. The van der Waals surface area contributed by atoms with Gasteiger partial charge in [-0.25, -0.2) is 0 Å². The lowest BCUT2D eigenvalue weighted by molar-refractivity contribution is -0.147. The second kappa shape index (κ2) is 10.6. The number of carbonyl (C=O) groups excluding carboxylic acids is 1. The van der Waals surface area contributed by atoms with E-state index in [2.05, 4.69) is 0 Å². The van der Waals surface area contributed by atoms with Crippen molar-refractivity contribution in [2.24, 2.45) is 5.92 Å². The van der Waals surface area contributed by atoms with Crippen LogP contribution < -0.4 is 0 Å². The first kappa shape index (κ1) is 21.6. The number of aliphatic hydroxyl groups excluding tert-OH is 1. The first-order valence-electron chi connectivity index (χ1n) is 9.28. The first-order chi connectivity index (χ1) is 12.9. The molecule has 1 aliphatic heterocycles. The molecule has 0 radical (unpaired) electrons. The predicted molar refractivity (Wildman–Crippen MR) is 101 cm³/mol. The molecule has 1 heterocycles. The van der Waals surface area contributed by atoms with Crippen LogP contribution in [0.15, 0.2) is 42.5 Å². The molecule has 27 heavy (non-hydrogen) atoms. The van der Waals surface area contributed by atoms with E-state index in [0.717, 1.165) is 5.56 Å². The summed E-state index contributed by atoms with van der Waals surface area (Å²) < 4.78 is 22.0. The summed E-state index contributed by atoms with van der Waals surface area (Å²) in [5, 5.41) is 9.41. The number of benzene rings is 1. The van der Waals surface area contributed by atoms with Gasteiger partial charge in [0, 0.05) is 6.61 Å². The van der Waals surface area contributed by atoms with E-state index in [1.807, 2.05) is 56.3 Å². The predicted octanol–water partition coefficient (Wildman–Crippen LogP) is 2.84. The summed E-state index contributed by atoms with van der Waals surface area (Å²) in [6.07, 6.45) is 4.08. The normalized spacial score (nSPS) is 22.8.